The van der Waals surface area contributed by atoms with Gasteiger partial charge in [-0.15, -0.1) is 26.3 Å². The fourth-order valence-electron chi connectivity index (χ4n) is 2.76. The second-order valence-corrected chi connectivity index (χ2v) is 6.33. The smallest absolute Gasteiger partial charge is 0.481 e. The lowest BCUT2D eigenvalue weighted by Gasteiger charge is -2.19. The van der Waals surface area contributed by atoms with E-state index >= 15 is 0 Å². The lowest BCUT2D eigenvalue weighted by Crippen LogP contribution is -2.25. The van der Waals surface area contributed by atoms with Gasteiger partial charge in [0.1, 0.15) is 11.5 Å². The minimum Gasteiger partial charge on any atom is -0.481 e. The van der Waals surface area contributed by atoms with Crippen LogP contribution in [-0.2, 0) is 11.2 Å². The molecule has 5 nitrogen and oxygen atoms in total. The summed E-state index contributed by atoms with van der Waals surface area (Å²) in [5.41, 5.74) is 5.01. The Labute approximate surface area is 157 Å². The van der Waals surface area contributed by atoms with Gasteiger partial charge in [0.25, 0.3) is 0 Å². The van der Waals surface area contributed by atoms with Crippen molar-refractivity contribution in [2.45, 2.75) is 45.3 Å². The number of rotatable bonds is 10. The first-order valence-corrected chi connectivity index (χ1v) is 8.38. The number of ether oxygens (including phenoxy) is 2. The zero-order chi connectivity index (χ0) is 21.5. The maximum absolute atomic E-state index is 12.5. The summed E-state index contributed by atoms with van der Waals surface area (Å²) in [6.45, 7) is 1.67. The number of benzene rings is 1. The molecule has 1 aromatic carbocycles. The third-order valence-corrected chi connectivity index (χ3v) is 3.99. The standard InChI is InChI=1S/C17H21F6NO4/c1-10(8-11(9-24)15(25)26)4-2-5-12-13(27-16(18,19)20)6-3-7-14(12)28-17(21,22)23/h3,6-7,10-11H,2,4-5,8-9,24H2,1H3,(H,25,26). The maximum Gasteiger partial charge on any atom is 0.573 e. The van der Waals surface area contributed by atoms with Crippen LogP contribution in [0.2, 0.25) is 0 Å². The quantitative estimate of drug-likeness (QED) is 0.548. The monoisotopic (exact) mass is 417 g/mol. The van der Waals surface area contributed by atoms with Crippen LogP contribution in [-0.4, -0.2) is 30.3 Å². The number of aliphatic carboxylic acids is 1. The molecule has 11 heteroatoms. The Hall–Kier alpha value is -2.17. The van der Waals surface area contributed by atoms with Crippen molar-refractivity contribution in [3.63, 3.8) is 0 Å². The molecular weight excluding hydrogens is 396 g/mol. The Balaban J connectivity index is 2.89. The van der Waals surface area contributed by atoms with E-state index in [1.807, 2.05) is 0 Å². The van der Waals surface area contributed by atoms with E-state index in [1.165, 1.54) is 0 Å². The van der Waals surface area contributed by atoms with Crippen LogP contribution in [0.25, 0.3) is 0 Å². The van der Waals surface area contributed by atoms with Crippen molar-refractivity contribution >= 4 is 5.97 Å². The summed E-state index contributed by atoms with van der Waals surface area (Å²) < 4.78 is 82.9. The third-order valence-electron chi connectivity index (χ3n) is 3.99. The maximum atomic E-state index is 12.5. The number of hydrogen-bond donors (Lipinski definition) is 2. The van der Waals surface area contributed by atoms with Crippen LogP contribution in [0.4, 0.5) is 26.3 Å². The summed E-state index contributed by atoms with van der Waals surface area (Å²) in [6, 6.07) is 2.78. The molecule has 28 heavy (non-hydrogen) atoms. The van der Waals surface area contributed by atoms with Crippen LogP contribution >= 0.6 is 0 Å². The number of alkyl halides is 6. The highest BCUT2D eigenvalue weighted by Gasteiger charge is 2.35. The predicted octanol–water partition coefficient (Wildman–Crippen LogP) is 4.49. The van der Waals surface area contributed by atoms with Gasteiger partial charge in [-0.05, 0) is 37.3 Å². The van der Waals surface area contributed by atoms with Gasteiger partial charge in [0.15, 0.2) is 0 Å². The SMILES string of the molecule is CC(CCCc1c(OC(F)(F)F)cccc1OC(F)(F)F)CC(CN)C(=O)O. The fraction of sp³-hybridized carbons (Fsp3) is 0.588. The van der Waals surface area contributed by atoms with Crippen molar-refractivity contribution in [2.75, 3.05) is 6.54 Å². The molecule has 0 bridgehead atoms. The fourth-order valence-corrected chi connectivity index (χ4v) is 2.76. The van der Waals surface area contributed by atoms with Gasteiger partial charge in [0, 0.05) is 12.1 Å². The van der Waals surface area contributed by atoms with Crippen molar-refractivity contribution < 1.29 is 45.7 Å². The Morgan fingerprint density at radius 1 is 1.11 bits per heavy atom. The number of carboxylic acids is 1. The summed E-state index contributed by atoms with van der Waals surface area (Å²) in [4.78, 5) is 11.0. The Kier molecular flexibility index (Phi) is 8.40. The molecule has 1 rings (SSSR count). The van der Waals surface area contributed by atoms with Crippen LogP contribution in [0.3, 0.4) is 0 Å². The average Bonchev–Trinajstić information content (AvgIpc) is 2.51. The van der Waals surface area contributed by atoms with Gasteiger partial charge < -0.3 is 20.3 Å². The van der Waals surface area contributed by atoms with Crippen molar-refractivity contribution in [3.8, 4) is 11.5 Å². The molecule has 2 atom stereocenters. The largest absolute Gasteiger partial charge is 0.573 e. The molecule has 2 unspecified atom stereocenters. The number of hydrogen-bond acceptors (Lipinski definition) is 4. The molecule has 1 aromatic rings. The van der Waals surface area contributed by atoms with E-state index in [-0.39, 0.29) is 37.3 Å². The summed E-state index contributed by atoms with van der Waals surface area (Å²) in [6.07, 6.45) is -9.51. The Morgan fingerprint density at radius 2 is 1.61 bits per heavy atom. The normalized spacial score (nSPS) is 14.4. The zero-order valence-corrected chi connectivity index (χ0v) is 14.9. The molecule has 0 radical (unpaired) electrons. The van der Waals surface area contributed by atoms with Gasteiger partial charge in [-0.1, -0.05) is 19.4 Å². The van der Waals surface area contributed by atoms with Crippen LogP contribution in [0.5, 0.6) is 11.5 Å². The second kappa shape index (κ2) is 9.85. The molecule has 3 N–H and O–H groups in total. The molecule has 160 valence electrons. The van der Waals surface area contributed by atoms with Gasteiger partial charge in [0.05, 0.1) is 5.92 Å². The molecular formula is C17H21F6NO4. The summed E-state index contributed by atoms with van der Waals surface area (Å²) in [7, 11) is 0. The lowest BCUT2D eigenvalue weighted by atomic mass is 9.91. The molecule has 0 saturated heterocycles. The first kappa shape index (κ1) is 23.9. The van der Waals surface area contributed by atoms with Gasteiger partial charge in [-0.3, -0.25) is 4.79 Å². The van der Waals surface area contributed by atoms with Gasteiger partial charge in [-0.2, -0.15) is 0 Å². The molecule has 0 spiro atoms. The number of carbonyl (C=O) groups is 1. The van der Waals surface area contributed by atoms with E-state index in [4.69, 9.17) is 10.8 Å². The highest BCUT2D eigenvalue weighted by Crippen LogP contribution is 2.36. The van der Waals surface area contributed by atoms with E-state index in [9.17, 15) is 31.1 Å². The number of halogens is 6. The molecule has 0 aliphatic heterocycles. The van der Waals surface area contributed by atoms with E-state index in [0.29, 0.717) is 6.42 Å². The topological polar surface area (TPSA) is 81.8 Å². The third kappa shape index (κ3) is 8.68. The van der Waals surface area contributed by atoms with Gasteiger partial charge in [-0.25, -0.2) is 0 Å². The molecule has 0 saturated carbocycles. The van der Waals surface area contributed by atoms with Crippen molar-refractivity contribution in [3.05, 3.63) is 23.8 Å². The molecule has 0 heterocycles. The van der Waals surface area contributed by atoms with Crippen LogP contribution in [0.15, 0.2) is 18.2 Å². The predicted molar refractivity (Wildman–Crippen MR) is 86.7 cm³/mol. The Bertz CT molecular complexity index is 613. The zero-order valence-electron chi connectivity index (χ0n) is 14.9. The number of nitrogens with two attached hydrogens (primary N) is 1. The summed E-state index contributed by atoms with van der Waals surface area (Å²) >= 11 is 0. The first-order valence-electron chi connectivity index (χ1n) is 8.38. The molecule has 0 fully saturated rings. The van der Waals surface area contributed by atoms with Crippen LogP contribution in [0.1, 0.15) is 31.7 Å². The molecule has 0 amide bonds. The highest BCUT2D eigenvalue weighted by atomic mass is 19.4. The first-order chi connectivity index (χ1) is 12.8. The number of carboxylic acid groups (broad SMARTS) is 1. The molecule has 0 aliphatic rings. The molecule has 0 aliphatic carbocycles. The van der Waals surface area contributed by atoms with Crippen LogP contribution in [0, 0.1) is 11.8 Å². The highest BCUT2D eigenvalue weighted by molar-refractivity contribution is 5.70. The van der Waals surface area contributed by atoms with E-state index in [1.54, 1.807) is 6.92 Å². The van der Waals surface area contributed by atoms with Crippen molar-refractivity contribution in [1.82, 2.24) is 0 Å². The van der Waals surface area contributed by atoms with Crippen LogP contribution < -0.4 is 15.2 Å². The lowest BCUT2D eigenvalue weighted by molar-refractivity contribution is -0.277. The summed E-state index contributed by atoms with van der Waals surface area (Å²) in [5, 5.41) is 8.99. The van der Waals surface area contributed by atoms with E-state index < -0.39 is 36.1 Å². The van der Waals surface area contributed by atoms with Crippen molar-refractivity contribution in [1.29, 1.82) is 0 Å². The van der Waals surface area contributed by atoms with E-state index in [2.05, 4.69) is 9.47 Å². The van der Waals surface area contributed by atoms with E-state index in [0.717, 1.165) is 18.2 Å². The summed E-state index contributed by atoms with van der Waals surface area (Å²) in [5.74, 6) is -3.51. The average molecular weight is 417 g/mol. The minimum absolute atomic E-state index is 0.0640. The van der Waals surface area contributed by atoms with Gasteiger partial charge in [0.2, 0.25) is 0 Å². The molecule has 0 aromatic heterocycles. The second-order valence-electron chi connectivity index (χ2n) is 6.33. The Morgan fingerprint density at radius 3 is 2.00 bits per heavy atom. The minimum atomic E-state index is -5.07. The van der Waals surface area contributed by atoms with Crippen molar-refractivity contribution in [2.24, 2.45) is 17.6 Å². The van der Waals surface area contributed by atoms with Gasteiger partial charge >= 0.3 is 18.7 Å².